The maximum atomic E-state index is 13.1. The molecular formula is C17H25N3O4S. The van der Waals surface area contributed by atoms with Crippen LogP contribution >= 0.6 is 0 Å². The van der Waals surface area contributed by atoms with Gasteiger partial charge in [0.15, 0.2) is 9.84 Å². The molecule has 2 aliphatic rings. The van der Waals surface area contributed by atoms with E-state index in [1.54, 1.807) is 18.0 Å². The molecule has 0 aromatic carbocycles. The van der Waals surface area contributed by atoms with Gasteiger partial charge >= 0.3 is 0 Å². The largest absolute Gasteiger partial charge is 0.332 e. The number of aryl methyl sites for hydroxylation is 1. The molecule has 0 N–H and O–H groups in total. The van der Waals surface area contributed by atoms with Crippen LogP contribution in [0.5, 0.6) is 0 Å². The zero-order chi connectivity index (χ0) is 18.5. The van der Waals surface area contributed by atoms with Gasteiger partial charge in [0, 0.05) is 31.9 Å². The Kier molecular flexibility index (Phi) is 4.53. The number of hydrogen-bond donors (Lipinski definition) is 0. The average Bonchev–Trinajstić information content (AvgIpc) is 2.87. The fourth-order valence-electron chi connectivity index (χ4n) is 4.13. The SMILES string of the molecule is CCc1c(C)cc(C(=O)N2CCN(C)[C@@H]3CS(=O)(=O)C[C@@H]32)c(=O)n1C. The summed E-state index contributed by atoms with van der Waals surface area (Å²) < 4.78 is 25.7. The lowest BCUT2D eigenvalue weighted by molar-refractivity contribution is 0.0407. The third-order valence-corrected chi connectivity index (χ3v) is 7.23. The summed E-state index contributed by atoms with van der Waals surface area (Å²) in [6.07, 6.45) is 0.712. The van der Waals surface area contributed by atoms with E-state index in [2.05, 4.69) is 0 Å². The lowest BCUT2D eigenvalue weighted by Gasteiger charge is -2.42. The van der Waals surface area contributed by atoms with Crippen LogP contribution in [0.25, 0.3) is 0 Å². The van der Waals surface area contributed by atoms with E-state index in [1.165, 1.54) is 4.57 Å². The van der Waals surface area contributed by atoms with Crippen molar-refractivity contribution in [2.24, 2.45) is 7.05 Å². The van der Waals surface area contributed by atoms with Crippen LogP contribution < -0.4 is 5.56 Å². The number of likely N-dealkylation sites (N-methyl/N-ethyl adjacent to an activating group) is 1. The highest BCUT2D eigenvalue weighted by atomic mass is 32.2. The van der Waals surface area contributed by atoms with Crippen molar-refractivity contribution in [2.45, 2.75) is 32.4 Å². The summed E-state index contributed by atoms with van der Waals surface area (Å²) in [4.78, 5) is 29.3. The second-order valence-electron chi connectivity index (χ2n) is 7.10. The van der Waals surface area contributed by atoms with E-state index in [4.69, 9.17) is 0 Å². The normalized spacial score (nSPS) is 25.8. The van der Waals surface area contributed by atoms with Crippen molar-refractivity contribution in [1.29, 1.82) is 0 Å². The van der Waals surface area contributed by atoms with E-state index in [9.17, 15) is 18.0 Å². The Labute approximate surface area is 148 Å². The van der Waals surface area contributed by atoms with Crippen molar-refractivity contribution in [3.05, 3.63) is 33.2 Å². The second-order valence-corrected chi connectivity index (χ2v) is 9.25. The molecule has 1 amide bonds. The maximum Gasteiger partial charge on any atom is 0.263 e. The number of pyridine rings is 1. The van der Waals surface area contributed by atoms with Crippen molar-refractivity contribution in [3.63, 3.8) is 0 Å². The fourth-order valence-corrected chi connectivity index (χ4v) is 6.19. The quantitative estimate of drug-likeness (QED) is 0.724. The number of fused-ring (bicyclic) bond motifs is 1. The van der Waals surface area contributed by atoms with Crippen molar-refractivity contribution >= 4 is 15.7 Å². The lowest BCUT2D eigenvalue weighted by atomic mass is 10.0. The Balaban J connectivity index is 2.00. The Hall–Kier alpha value is -1.67. The minimum atomic E-state index is -3.17. The van der Waals surface area contributed by atoms with Crippen LogP contribution in [0.2, 0.25) is 0 Å². The monoisotopic (exact) mass is 367 g/mol. The standard InChI is InChI=1S/C17H25N3O4S/c1-5-13-11(2)8-12(16(21)19(13)4)17(22)20-7-6-18(3)14-9-25(23,24)10-15(14)20/h8,14-15H,5-7,9-10H2,1-4H3/t14-,15+/m1/s1. The van der Waals surface area contributed by atoms with Gasteiger partial charge in [-0.15, -0.1) is 0 Å². The first kappa shape index (κ1) is 18.1. The summed E-state index contributed by atoms with van der Waals surface area (Å²) in [5, 5.41) is 0. The van der Waals surface area contributed by atoms with Gasteiger partial charge in [0.2, 0.25) is 0 Å². The predicted molar refractivity (Wildman–Crippen MR) is 95.7 cm³/mol. The number of piperazine rings is 1. The maximum absolute atomic E-state index is 13.1. The number of aromatic nitrogens is 1. The van der Waals surface area contributed by atoms with E-state index >= 15 is 0 Å². The number of amides is 1. The predicted octanol–water partition coefficient (Wildman–Crippen LogP) is -0.191. The number of sulfone groups is 1. The van der Waals surface area contributed by atoms with E-state index in [0.29, 0.717) is 19.5 Å². The second kappa shape index (κ2) is 6.25. The molecule has 8 heteroatoms. The molecular weight excluding hydrogens is 342 g/mol. The Bertz CT molecular complexity index is 875. The molecule has 1 aromatic heterocycles. The van der Waals surface area contributed by atoms with Gasteiger partial charge in [-0.25, -0.2) is 8.42 Å². The number of rotatable bonds is 2. The van der Waals surface area contributed by atoms with Crippen LogP contribution in [0.15, 0.2) is 10.9 Å². The molecule has 0 aliphatic carbocycles. The van der Waals surface area contributed by atoms with Crippen LogP contribution in [0.4, 0.5) is 0 Å². The van der Waals surface area contributed by atoms with Gasteiger partial charge in [-0.1, -0.05) is 6.92 Å². The number of hydrogen-bond acceptors (Lipinski definition) is 5. The molecule has 0 unspecified atom stereocenters. The fraction of sp³-hybridized carbons (Fsp3) is 0.647. The molecule has 0 radical (unpaired) electrons. The first-order chi connectivity index (χ1) is 11.7. The average molecular weight is 367 g/mol. The summed E-state index contributed by atoms with van der Waals surface area (Å²) in [6.45, 7) is 4.90. The van der Waals surface area contributed by atoms with Crippen LogP contribution in [0, 0.1) is 6.92 Å². The zero-order valence-electron chi connectivity index (χ0n) is 15.2. The van der Waals surface area contributed by atoms with Crippen molar-refractivity contribution in [1.82, 2.24) is 14.4 Å². The van der Waals surface area contributed by atoms with Crippen molar-refractivity contribution in [3.8, 4) is 0 Å². The zero-order valence-corrected chi connectivity index (χ0v) is 16.0. The van der Waals surface area contributed by atoms with E-state index in [0.717, 1.165) is 11.3 Å². The first-order valence-electron chi connectivity index (χ1n) is 8.57. The van der Waals surface area contributed by atoms with Crippen molar-refractivity contribution in [2.75, 3.05) is 31.6 Å². The number of carbonyl (C=O) groups excluding carboxylic acids is 1. The van der Waals surface area contributed by atoms with Gasteiger partial charge in [-0.05, 0) is 32.0 Å². The molecule has 3 rings (SSSR count). The molecule has 7 nitrogen and oxygen atoms in total. The van der Waals surface area contributed by atoms with Crippen LogP contribution in [0.3, 0.4) is 0 Å². The minimum Gasteiger partial charge on any atom is -0.332 e. The molecule has 138 valence electrons. The third-order valence-electron chi connectivity index (χ3n) is 5.54. The van der Waals surface area contributed by atoms with E-state index in [-0.39, 0.29) is 40.6 Å². The molecule has 0 spiro atoms. The molecule has 0 bridgehead atoms. The summed E-state index contributed by atoms with van der Waals surface area (Å²) >= 11 is 0. The number of nitrogens with zero attached hydrogens (tertiary/aromatic N) is 3. The topological polar surface area (TPSA) is 79.7 Å². The van der Waals surface area contributed by atoms with Gasteiger partial charge in [0.1, 0.15) is 5.56 Å². The van der Waals surface area contributed by atoms with Gasteiger partial charge in [-0.3, -0.25) is 14.5 Å². The summed E-state index contributed by atoms with van der Waals surface area (Å²) in [5.41, 5.74) is 1.62. The molecule has 2 saturated heterocycles. The molecule has 2 aliphatic heterocycles. The molecule has 1 aromatic rings. The van der Waals surface area contributed by atoms with Gasteiger partial charge < -0.3 is 9.47 Å². The van der Waals surface area contributed by atoms with Gasteiger partial charge in [-0.2, -0.15) is 0 Å². The molecule has 3 heterocycles. The highest BCUT2D eigenvalue weighted by Crippen LogP contribution is 2.27. The van der Waals surface area contributed by atoms with Gasteiger partial charge in [0.25, 0.3) is 11.5 Å². The minimum absolute atomic E-state index is 0.0277. The highest BCUT2D eigenvalue weighted by Gasteiger charge is 2.47. The third kappa shape index (κ3) is 3.01. The highest BCUT2D eigenvalue weighted by molar-refractivity contribution is 7.91. The van der Waals surface area contributed by atoms with Crippen LogP contribution in [0.1, 0.15) is 28.5 Å². The molecule has 0 saturated carbocycles. The van der Waals surface area contributed by atoms with E-state index in [1.807, 2.05) is 25.8 Å². The first-order valence-corrected chi connectivity index (χ1v) is 10.4. The van der Waals surface area contributed by atoms with Gasteiger partial charge in [0.05, 0.1) is 17.5 Å². The Morgan fingerprint density at radius 1 is 1.20 bits per heavy atom. The lowest BCUT2D eigenvalue weighted by Crippen LogP contribution is -2.60. The molecule has 25 heavy (non-hydrogen) atoms. The molecule has 2 atom stereocenters. The Morgan fingerprint density at radius 3 is 2.48 bits per heavy atom. The number of carbonyl (C=O) groups is 1. The van der Waals surface area contributed by atoms with Crippen LogP contribution in [-0.4, -0.2) is 72.4 Å². The van der Waals surface area contributed by atoms with Crippen LogP contribution in [-0.2, 0) is 23.3 Å². The smallest absolute Gasteiger partial charge is 0.263 e. The molecule has 2 fully saturated rings. The Morgan fingerprint density at radius 2 is 1.84 bits per heavy atom. The van der Waals surface area contributed by atoms with E-state index < -0.39 is 9.84 Å². The van der Waals surface area contributed by atoms with Crippen molar-refractivity contribution < 1.29 is 13.2 Å². The summed E-state index contributed by atoms with van der Waals surface area (Å²) in [5.74, 6) is -0.310. The summed E-state index contributed by atoms with van der Waals surface area (Å²) in [6, 6.07) is 1.08. The summed E-state index contributed by atoms with van der Waals surface area (Å²) in [7, 11) is 0.400.